The molecular weight excluding hydrogens is 341 g/mol. The number of aryl methyl sites for hydroxylation is 2. The zero-order chi connectivity index (χ0) is 17.2. The SMILES string of the molecule is Cc1nc(NC(=O)CN(C)S(=O)(=O)c2ccc(F)cc2)sc1C. The van der Waals surface area contributed by atoms with E-state index >= 15 is 0 Å². The molecule has 0 aliphatic rings. The summed E-state index contributed by atoms with van der Waals surface area (Å²) in [6.45, 7) is 3.35. The standard InChI is InChI=1S/C14H16FN3O3S2/c1-9-10(2)22-14(16-9)17-13(19)8-18(3)23(20,21)12-6-4-11(15)5-7-12/h4-7H,8H2,1-3H3,(H,16,17,19). The number of carbonyl (C=O) groups excluding carboxylic acids is 1. The summed E-state index contributed by atoms with van der Waals surface area (Å²) in [6.07, 6.45) is 0. The van der Waals surface area contributed by atoms with Crippen LogP contribution in [0.2, 0.25) is 0 Å². The Hall–Kier alpha value is -1.84. The van der Waals surface area contributed by atoms with Gasteiger partial charge in [-0.15, -0.1) is 11.3 Å². The second-order valence-corrected chi connectivity index (χ2v) is 8.17. The number of hydrogen-bond donors (Lipinski definition) is 1. The van der Waals surface area contributed by atoms with Crippen LogP contribution in [0.3, 0.4) is 0 Å². The summed E-state index contributed by atoms with van der Waals surface area (Å²) in [5, 5.41) is 3.00. The van der Waals surface area contributed by atoms with Gasteiger partial charge in [-0.3, -0.25) is 4.79 Å². The van der Waals surface area contributed by atoms with Crippen LogP contribution in [0.4, 0.5) is 9.52 Å². The van der Waals surface area contributed by atoms with Crippen LogP contribution in [0.15, 0.2) is 29.2 Å². The van der Waals surface area contributed by atoms with Crippen LogP contribution < -0.4 is 5.32 Å². The lowest BCUT2D eigenvalue weighted by molar-refractivity contribution is -0.116. The summed E-state index contributed by atoms with van der Waals surface area (Å²) in [7, 11) is -2.57. The average molecular weight is 357 g/mol. The van der Waals surface area contributed by atoms with E-state index in [1.54, 1.807) is 0 Å². The van der Waals surface area contributed by atoms with Gasteiger partial charge in [-0.1, -0.05) is 0 Å². The van der Waals surface area contributed by atoms with Crippen molar-refractivity contribution in [1.82, 2.24) is 9.29 Å². The van der Waals surface area contributed by atoms with Crippen LogP contribution in [-0.2, 0) is 14.8 Å². The van der Waals surface area contributed by atoms with Gasteiger partial charge in [0.15, 0.2) is 5.13 Å². The Morgan fingerprint density at radius 2 is 1.91 bits per heavy atom. The second kappa shape index (κ2) is 6.73. The summed E-state index contributed by atoms with van der Waals surface area (Å²) in [5.41, 5.74) is 0.817. The third-order valence-corrected chi connectivity index (χ3v) is 5.97. The van der Waals surface area contributed by atoms with E-state index in [0.29, 0.717) is 5.13 Å². The Morgan fingerprint density at radius 1 is 1.30 bits per heavy atom. The molecule has 0 unspecified atom stereocenters. The van der Waals surface area contributed by atoms with E-state index < -0.39 is 21.7 Å². The Labute approximate surface area is 138 Å². The number of halogens is 1. The van der Waals surface area contributed by atoms with Gasteiger partial charge in [0, 0.05) is 11.9 Å². The van der Waals surface area contributed by atoms with Gasteiger partial charge in [0.05, 0.1) is 17.1 Å². The van der Waals surface area contributed by atoms with Crippen molar-refractivity contribution in [2.75, 3.05) is 18.9 Å². The molecule has 0 aliphatic heterocycles. The predicted molar refractivity (Wildman–Crippen MR) is 86.4 cm³/mol. The summed E-state index contributed by atoms with van der Waals surface area (Å²) in [4.78, 5) is 17.0. The molecule has 6 nitrogen and oxygen atoms in total. The smallest absolute Gasteiger partial charge is 0.243 e. The summed E-state index contributed by atoms with van der Waals surface area (Å²) < 4.78 is 38.4. The first-order chi connectivity index (χ1) is 10.7. The number of anilines is 1. The Balaban J connectivity index is 2.06. The molecule has 1 aromatic heterocycles. The fourth-order valence-corrected chi connectivity index (χ4v) is 3.72. The normalized spacial score (nSPS) is 11.7. The zero-order valence-corrected chi connectivity index (χ0v) is 14.5. The number of sulfonamides is 1. The molecule has 2 rings (SSSR count). The van der Waals surface area contributed by atoms with E-state index in [4.69, 9.17) is 0 Å². The van der Waals surface area contributed by atoms with E-state index in [1.807, 2.05) is 13.8 Å². The van der Waals surface area contributed by atoms with Gasteiger partial charge in [0.25, 0.3) is 0 Å². The lowest BCUT2D eigenvalue weighted by Gasteiger charge is -2.16. The number of benzene rings is 1. The lowest BCUT2D eigenvalue weighted by Crippen LogP contribution is -2.34. The third kappa shape index (κ3) is 4.12. The molecule has 0 saturated carbocycles. The van der Waals surface area contributed by atoms with Gasteiger partial charge in [-0.2, -0.15) is 4.31 Å². The van der Waals surface area contributed by atoms with Gasteiger partial charge in [0.1, 0.15) is 5.82 Å². The fraction of sp³-hybridized carbons (Fsp3) is 0.286. The second-order valence-electron chi connectivity index (χ2n) is 4.92. The summed E-state index contributed by atoms with van der Waals surface area (Å²) in [5.74, 6) is -1.02. The van der Waals surface area contributed by atoms with Gasteiger partial charge < -0.3 is 5.32 Å². The number of aromatic nitrogens is 1. The van der Waals surface area contributed by atoms with Gasteiger partial charge in [-0.25, -0.2) is 17.8 Å². The molecule has 1 aromatic carbocycles. The topological polar surface area (TPSA) is 79.4 Å². The molecule has 1 heterocycles. The van der Waals surface area contributed by atoms with Crippen molar-refractivity contribution in [2.24, 2.45) is 0 Å². The number of nitrogens with one attached hydrogen (secondary N) is 1. The highest BCUT2D eigenvalue weighted by Gasteiger charge is 2.23. The minimum Gasteiger partial charge on any atom is -0.301 e. The van der Waals surface area contributed by atoms with Crippen molar-refractivity contribution in [3.05, 3.63) is 40.7 Å². The molecule has 0 spiro atoms. The van der Waals surface area contributed by atoms with Crippen LogP contribution in [0, 0.1) is 19.7 Å². The fourth-order valence-electron chi connectivity index (χ4n) is 1.76. The van der Waals surface area contributed by atoms with E-state index in [-0.39, 0.29) is 11.4 Å². The van der Waals surface area contributed by atoms with Crippen LogP contribution in [0.1, 0.15) is 10.6 Å². The number of hydrogen-bond acceptors (Lipinski definition) is 5. The van der Waals surface area contributed by atoms with E-state index in [9.17, 15) is 17.6 Å². The first-order valence-corrected chi connectivity index (χ1v) is 8.91. The van der Waals surface area contributed by atoms with Crippen LogP contribution >= 0.6 is 11.3 Å². The maximum Gasteiger partial charge on any atom is 0.243 e. The van der Waals surface area contributed by atoms with Crippen molar-refractivity contribution in [3.63, 3.8) is 0 Å². The summed E-state index contributed by atoms with van der Waals surface area (Å²) >= 11 is 1.32. The molecule has 1 amide bonds. The number of amides is 1. The maximum atomic E-state index is 12.9. The molecule has 9 heteroatoms. The van der Waals surface area contributed by atoms with E-state index in [0.717, 1.165) is 39.1 Å². The highest BCUT2D eigenvalue weighted by Crippen LogP contribution is 2.21. The number of thiazole rings is 1. The number of nitrogens with zero attached hydrogens (tertiary/aromatic N) is 2. The molecule has 0 aliphatic carbocycles. The molecule has 1 N–H and O–H groups in total. The molecular formula is C14H16FN3O3S2. The maximum absolute atomic E-state index is 12.9. The van der Waals surface area contributed by atoms with Crippen molar-refractivity contribution < 1.29 is 17.6 Å². The molecule has 0 bridgehead atoms. The Bertz CT molecular complexity index is 797. The average Bonchev–Trinajstić information content (AvgIpc) is 2.77. The minimum atomic E-state index is -3.86. The van der Waals surface area contributed by atoms with Crippen molar-refractivity contribution in [2.45, 2.75) is 18.7 Å². The van der Waals surface area contributed by atoms with Crippen LogP contribution in [-0.4, -0.2) is 37.2 Å². The monoisotopic (exact) mass is 357 g/mol. The third-order valence-electron chi connectivity index (χ3n) is 3.16. The Kier molecular flexibility index (Phi) is 5.12. The molecule has 124 valence electrons. The predicted octanol–water partition coefficient (Wildman–Crippen LogP) is 2.16. The van der Waals surface area contributed by atoms with Crippen LogP contribution in [0.5, 0.6) is 0 Å². The van der Waals surface area contributed by atoms with Crippen molar-refractivity contribution >= 4 is 32.4 Å². The lowest BCUT2D eigenvalue weighted by atomic mass is 10.4. The van der Waals surface area contributed by atoms with Gasteiger partial charge in [-0.05, 0) is 38.1 Å². The quantitative estimate of drug-likeness (QED) is 0.889. The molecule has 0 atom stereocenters. The highest BCUT2D eigenvalue weighted by atomic mass is 32.2. The zero-order valence-electron chi connectivity index (χ0n) is 12.8. The highest BCUT2D eigenvalue weighted by molar-refractivity contribution is 7.89. The molecule has 2 aromatic rings. The van der Waals surface area contributed by atoms with Gasteiger partial charge in [0.2, 0.25) is 15.9 Å². The molecule has 0 radical (unpaired) electrons. The number of likely N-dealkylation sites (N-methyl/N-ethyl adjacent to an activating group) is 1. The van der Waals surface area contributed by atoms with E-state index in [2.05, 4.69) is 10.3 Å². The van der Waals surface area contributed by atoms with Gasteiger partial charge >= 0.3 is 0 Å². The van der Waals surface area contributed by atoms with Crippen molar-refractivity contribution in [3.8, 4) is 0 Å². The molecule has 0 fully saturated rings. The van der Waals surface area contributed by atoms with Crippen molar-refractivity contribution in [1.29, 1.82) is 0 Å². The van der Waals surface area contributed by atoms with Crippen LogP contribution in [0.25, 0.3) is 0 Å². The summed E-state index contributed by atoms with van der Waals surface area (Å²) in [6, 6.07) is 4.43. The first kappa shape index (κ1) is 17.5. The minimum absolute atomic E-state index is 0.0739. The molecule has 23 heavy (non-hydrogen) atoms. The number of carbonyl (C=O) groups is 1. The largest absolute Gasteiger partial charge is 0.301 e. The Morgan fingerprint density at radius 3 is 2.43 bits per heavy atom. The van der Waals surface area contributed by atoms with E-state index in [1.165, 1.54) is 18.4 Å². The number of rotatable bonds is 5. The first-order valence-electron chi connectivity index (χ1n) is 6.66. The molecule has 0 saturated heterocycles.